The van der Waals surface area contributed by atoms with Crippen LogP contribution in [-0.2, 0) is 11.2 Å². The molecule has 2 aliphatic rings. The first-order valence-electron chi connectivity index (χ1n) is 11.0. The Kier molecular flexibility index (Phi) is 5.39. The summed E-state index contributed by atoms with van der Waals surface area (Å²) >= 11 is 0. The van der Waals surface area contributed by atoms with Gasteiger partial charge in [-0.15, -0.1) is 0 Å². The molecule has 0 aliphatic carbocycles. The fourth-order valence-electron chi connectivity index (χ4n) is 5.36. The maximum Gasteiger partial charge on any atom is 0.227 e. The number of hydrogen-bond donors (Lipinski definition) is 1. The third-order valence-electron chi connectivity index (χ3n) is 6.91. The highest BCUT2D eigenvalue weighted by atomic mass is 19.1. The number of carbonyl (C=O) groups is 1. The van der Waals surface area contributed by atoms with E-state index < -0.39 is 0 Å². The molecule has 6 heteroatoms. The molecule has 2 aliphatic heterocycles. The molecule has 1 fully saturated rings. The molecule has 3 atom stereocenters. The van der Waals surface area contributed by atoms with E-state index in [1.54, 1.807) is 18.5 Å². The van der Waals surface area contributed by atoms with Gasteiger partial charge in [-0.25, -0.2) is 4.39 Å². The zero-order valence-electron chi connectivity index (χ0n) is 18.0. The van der Waals surface area contributed by atoms with Crippen molar-refractivity contribution in [2.24, 2.45) is 5.92 Å². The zero-order chi connectivity index (χ0) is 22.2. The van der Waals surface area contributed by atoms with Gasteiger partial charge in [-0.1, -0.05) is 24.3 Å². The summed E-state index contributed by atoms with van der Waals surface area (Å²) < 4.78 is 13.8. The Bertz CT molecular complexity index is 1140. The summed E-state index contributed by atoms with van der Waals surface area (Å²) in [6.07, 6.45) is 4.57. The molecule has 5 nitrogen and oxygen atoms in total. The van der Waals surface area contributed by atoms with Gasteiger partial charge >= 0.3 is 0 Å². The van der Waals surface area contributed by atoms with Gasteiger partial charge in [0.05, 0.1) is 25.1 Å². The van der Waals surface area contributed by atoms with Crippen LogP contribution in [0.1, 0.15) is 23.6 Å². The average molecular weight is 432 g/mol. The quantitative estimate of drug-likeness (QED) is 0.682. The Morgan fingerprint density at radius 3 is 2.75 bits per heavy atom. The normalized spacial score (nSPS) is 21.9. The van der Waals surface area contributed by atoms with Crippen LogP contribution < -0.4 is 4.90 Å². The van der Waals surface area contributed by atoms with E-state index in [4.69, 9.17) is 0 Å². The molecule has 5 rings (SSSR count). The summed E-state index contributed by atoms with van der Waals surface area (Å²) in [5.74, 6) is -0.0725. The molecular formula is C26H26FN3O2. The number of likely N-dealkylation sites (tertiary alicyclic amines) is 1. The molecule has 32 heavy (non-hydrogen) atoms. The molecule has 1 amide bonds. The van der Waals surface area contributed by atoms with Gasteiger partial charge in [-0.05, 0) is 59.0 Å². The van der Waals surface area contributed by atoms with E-state index in [2.05, 4.69) is 16.0 Å². The minimum absolute atomic E-state index is 0.0351. The van der Waals surface area contributed by atoms with Gasteiger partial charge in [-0.2, -0.15) is 0 Å². The standard InChI is InChI=1S/C26H26FN3O2/c1-29-23-8-7-19(18-5-2-6-20(27)13-18)14-22(23)26-21(24(29)16-31)9-11-30(26)25(32)12-17-4-3-10-28-15-17/h2-8,10,13-15,21,24,26,31H,9,11-12,16H2,1H3/t21-,24+,26-/m0/s1. The van der Waals surface area contributed by atoms with Crippen molar-refractivity contribution in [3.05, 3.63) is 83.9 Å². The van der Waals surface area contributed by atoms with Crippen LogP contribution in [0.15, 0.2) is 67.0 Å². The Balaban J connectivity index is 1.55. The van der Waals surface area contributed by atoms with Crippen LogP contribution in [-0.4, -0.2) is 47.1 Å². The monoisotopic (exact) mass is 431 g/mol. The molecule has 0 spiro atoms. The number of amides is 1. The molecule has 0 saturated carbocycles. The van der Waals surface area contributed by atoms with Crippen LogP contribution in [0.2, 0.25) is 0 Å². The molecule has 164 valence electrons. The van der Waals surface area contributed by atoms with Gasteiger partial charge in [-0.3, -0.25) is 9.78 Å². The number of aliphatic hydroxyl groups is 1. The predicted molar refractivity (Wildman–Crippen MR) is 122 cm³/mol. The van der Waals surface area contributed by atoms with Crippen LogP contribution in [0.4, 0.5) is 10.1 Å². The number of likely N-dealkylation sites (N-methyl/N-ethyl adjacent to an activating group) is 1. The fraction of sp³-hybridized carbons (Fsp3) is 0.308. The highest BCUT2D eigenvalue weighted by Crippen LogP contribution is 2.49. The zero-order valence-corrected chi connectivity index (χ0v) is 18.0. The number of anilines is 1. The maximum atomic E-state index is 13.8. The summed E-state index contributed by atoms with van der Waals surface area (Å²) in [5.41, 5.74) is 4.68. The number of fused-ring (bicyclic) bond motifs is 3. The molecule has 2 aromatic carbocycles. The van der Waals surface area contributed by atoms with Crippen molar-refractivity contribution < 1.29 is 14.3 Å². The number of aromatic nitrogens is 1. The fourth-order valence-corrected chi connectivity index (χ4v) is 5.36. The van der Waals surface area contributed by atoms with E-state index in [0.717, 1.165) is 34.4 Å². The Labute approximate surface area is 187 Å². The number of benzene rings is 2. The van der Waals surface area contributed by atoms with Crippen molar-refractivity contribution in [3.63, 3.8) is 0 Å². The number of halogens is 1. The second-order valence-electron chi connectivity index (χ2n) is 8.67. The van der Waals surface area contributed by atoms with Crippen LogP contribution in [0.5, 0.6) is 0 Å². The molecule has 1 aromatic heterocycles. The van der Waals surface area contributed by atoms with Gasteiger partial charge < -0.3 is 14.9 Å². The molecule has 0 unspecified atom stereocenters. The first kappa shape index (κ1) is 20.6. The van der Waals surface area contributed by atoms with Crippen LogP contribution in [0.3, 0.4) is 0 Å². The summed E-state index contributed by atoms with van der Waals surface area (Å²) in [5, 5.41) is 10.2. The predicted octanol–water partition coefficient (Wildman–Crippen LogP) is 3.83. The van der Waals surface area contributed by atoms with Crippen molar-refractivity contribution in [3.8, 4) is 11.1 Å². The second-order valence-corrected chi connectivity index (χ2v) is 8.67. The highest BCUT2D eigenvalue weighted by Gasteiger charge is 2.47. The summed E-state index contributed by atoms with van der Waals surface area (Å²) in [6, 6.07) is 16.3. The van der Waals surface area contributed by atoms with Gasteiger partial charge in [0.15, 0.2) is 0 Å². The van der Waals surface area contributed by atoms with Crippen LogP contribution in [0, 0.1) is 11.7 Å². The molecule has 1 saturated heterocycles. The second kappa shape index (κ2) is 8.36. The molecule has 0 bridgehead atoms. The lowest BCUT2D eigenvalue weighted by molar-refractivity contribution is -0.132. The highest BCUT2D eigenvalue weighted by molar-refractivity contribution is 5.81. The van der Waals surface area contributed by atoms with Gasteiger partial charge in [0.1, 0.15) is 5.82 Å². The van der Waals surface area contributed by atoms with Crippen molar-refractivity contribution in [2.75, 3.05) is 25.1 Å². The van der Waals surface area contributed by atoms with Gasteiger partial charge in [0.25, 0.3) is 0 Å². The van der Waals surface area contributed by atoms with Crippen molar-refractivity contribution >= 4 is 11.6 Å². The van der Waals surface area contributed by atoms with E-state index in [-0.39, 0.29) is 36.3 Å². The number of pyridine rings is 1. The van der Waals surface area contributed by atoms with E-state index in [1.165, 1.54) is 12.1 Å². The summed E-state index contributed by atoms with van der Waals surface area (Å²) in [4.78, 5) is 21.5. The third-order valence-corrected chi connectivity index (χ3v) is 6.91. The lowest BCUT2D eigenvalue weighted by Crippen LogP contribution is -2.48. The van der Waals surface area contributed by atoms with E-state index in [0.29, 0.717) is 13.0 Å². The third kappa shape index (κ3) is 3.54. The number of carbonyl (C=O) groups excluding carboxylic acids is 1. The number of nitrogens with zero attached hydrogens (tertiary/aromatic N) is 3. The first-order valence-corrected chi connectivity index (χ1v) is 11.0. The molecule has 3 heterocycles. The van der Waals surface area contributed by atoms with Crippen molar-refractivity contribution in [1.29, 1.82) is 0 Å². The summed E-state index contributed by atoms with van der Waals surface area (Å²) in [6.45, 7) is 0.690. The molecular weight excluding hydrogens is 405 g/mol. The van der Waals surface area contributed by atoms with E-state index in [9.17, 15) is 14.3 Å². The lowest BCUT2D eigenvalue weighted by atomic mass is 9.81. The van der Waals surface area contributed by atoms with Gasteiger partial charge in [0.2, 0.25) is 5.91 Å². The minimum atomic E-state index is -0.273. The van der Waals surface area contributed by atoms with Crippen LogP contribution in [0.25, 0.3) is 11.1 Å². The lowest BCUT2D eigenvalue weighted by Gasteiger charge is -2.44. The maximum absolute atomic E-state index is 13.8. The van der Waals surface area contributed by atoms with Crippen LogP contribution >= 0.6 is 0 Å². The van der Waals surface area contributed by atoms with Gasteiger partial charge in [0, 0.05) is 37.6 Å². The van der Waals surface area contributed by atoms with E-state index in [1.807, 2.05) is 42.3 Å². The average Bonchev–Trinajstić information content (AvgIpc) is 3.25. The number of rotatable bonds is 4. The molecule has 1 N–H and O–H groups in total. The van der Waals surface area contributed by atoms with E-state index >= 15 is 0 Å². The number of hydrogen-bond acceptors (Lipinski definition) is 4. The first-order chi connectivity index (χ1) is 15.6. The SMILES string of the molecule is CN1c2ccc(-c3cccc(F)c3)cc2[C@@H]2[C@@H](CCN2C(=O)Cc2cccnc2)[C@H]1CO. The molecule has 0 radical (unpaired) electrons. The summed E-state index contributed by atoms with van der Waals surface area (Å²) in [7, 11) is 2.00. The Morgan fingerprint density at radius 1 is 1.16 bits per heavy atom. The van der Waals surface area contributed by atoms with Crippen molar-refractivity contribution in [1.82, 2.24) is 9.88 Å². The smallest absolute Gasteiger partial charge is 0.227 e. The molecule has 3 aromatic rings. The largest absolute Gasteiger partial charge is 0.394 e. The topological polar surface area (TPSA) is 56.7 Å². The number of aliphatic hydroxyl groups excluding tert-OH is 1. The minimum Gasteiger partial charge on any atom is -0.394 e. The Morgan fingerprint density at radius 2 is 2.00 bits per heavy atom. The van der Waals surface area contributed by atoms with Crippen molar-refractivity contribution in [2.45, 2.75) is 24.9 Å². The Hall–Kier alpha value is -3.25.